The van der Waals surface area contributed by atoms with Crippen molar-refractivity contribution in [2.75, 3.05) is 5.75 Å². The van der Waals surface area contributed by atoms with Crippen molar-refractivity contribution in [3.8, 4) is 22.6 Å². The number of rotatable bonds is 9. The highest BCUT2D eigenvalue weighted by Crippen LogP contribution is 2.26. The average molecular weight is 512 g/mol. The highest BCUT2D eigenvalue weighted by Gasteiger charge is 2.17. The zero-order chi connectivity index (χ0) is 24.7. The maximum Gasteiger partial charge on any atom is 0.196 e. The van der Waals surface area contributed by atoms with Crippen LogP contribution < -0.4 is 4.74 Å². The Labute approximate surface area is 218 Å². The summed E-state index contributed by atoms with van der Waals surface area (Å²) in [5.41, 5.74) is 3.79. The predicted molar refractivity (Wildman–Crippen MR) is 144 cm³/mol. The van der Waals surface area contributed by atoms with E-state index in [0.717, 1.165) is 22.6 Å². The van der Waals surface area contributed by atoms with Crippen LogP contribution in [0.25, 0.3) is 16.8 Å². The molecule has 0 aliphatic rings. The minimum Gasteiger partial charge on any atom is -0.486 e. The number of nitrogens with zero attached hydrogens (tertiary/aromatic N) is 3. The molecule has 0 aliphatic carbocycles. The summed E-state index contributed by atoms with van der Waals surface area (Å²) in [6, 6.07) is 34.8. The summed E-state index contributed by atoms with van der Waals surface area (Å²) in [6.07, 6.45) is 0. The van der Waals surface area contributed by atoms with Crippen molar-refractivity contribution in [3.63, 3.8) is 0 Å². The molecule has 0 atom stereocenters. The first-order chi connectivity index (χ1) is 17.7. The Kier molecular flexibility index (Phi) is 7.45. The second kappa shape index (κ2) is 11.2. The van der Waals surface area contributed by atoms with E-state index in [-0.39, 0.29) is 18.1 Å². The summed E-state index contributed by atoms with van der Waals surface area (Å²) < 4.78 is 7.95. The first kappa shape index (κ1) is 23.9. The molecular weight excluding hydrogens is 490 g/mol. The van der Waals surface area contributed by atoms with Crippen LogP contribution >= 0.6 is 23.4 Å². The third-order valence-electron chi connectivity index (χ3n) is 5.54. The summed E-state index contributed by atoms with van der Waals surface area (Å²) in [7, 11) is 0. The molecule has 7 heteroatoms. The van der Waals surface area contributed by atoms with Gasteiger partial charge < -0.3 is 4.74 Å². The van der Waals surface area contributed by atoms with Crippen LogP contribution in [0.5, 0.6) is 5.75 Å². The number of benzene rings is 4. The fraction of sp³-hybridized carbons (Fsp3) is 0.0690. The standard InChI is InChI=1S/C29H22ClN3O2S/c30-24-13-15-25(16-14-24)33-28(31-32-29(33)36-20-27(34)23-9-5-2-6-10-23)19-35-26-17-11-22(12-18-26)21-7-3-1-4-8-21/h1-18H,19-20H2. The van der Waals surface area contributed by atoms with E-state index in [1.54, 1.807) is 0 Å². The Morgan fingerprint density at radius 2 is 1.42 bits per heavy atom. The van der Waals surface area contributed by atoms with Crippen LogP contribution in [-0.2, 0) is 6.61 Å². The SMILES string of the molecule is O=C(CSc1nnc(COc2ccc(-c3ccccc3)cc2)n1-c1ccc(Cl)cc1)c1ccccc1. The van der Waals surface area contributed by atoms with Crippen molar-refractivity contribution < 1.29 is 9.53 Å². The van der Waals surface area contributed by atoms with E-state index in [4.69, 9.17) is 16.3 Å². The van der Waals surface area contributed by atoms with Crippen LogP contribution in [0.15, 0.2) is 114 Å². The molecule has 0 amide bonds. The maximum atomic E-state index is 12.6. The van der Waals surface area contributed by atoms with Crippen molar-refractivity contribution in [2.45, 2.75) is 11.8 Å². The van der Waals surface area contributed by atoms with Gasteiger partial charge in [0.1, 0.15) is 12.4 Å². The molecule has 0 spiro atoms. The van der Waals surface area contributed by atoms with Crippen molar-refractivity contribution in [1.29, 1.82) is 0 Å². The van der Waals surface area contributed by atoms with Gasteiger partial charge in [0.05, 0.1) is 5.75 Å². The van der Waals surface area contributed by atoms with E-state index in [9.17, 15) is 4.79 Å². The molecule has 1 aromatic heterocycles. The number of Topliss-reactive ketones (excluding diaryl/α,β-unsaturated/α-hetero) is 1. The lowest BCUT2D eigenvalue weighted by Gasteiger charge is -2.12. The van der Waals surface area contributed by atoms with Gasteiger partial charge in [-0.1, -0.05) is 96.2 Å². The molecule has 178 valence electrons. The van der Waals surface area contributed by atoms with E-state index < -0.39 is 0 Å². The molecule has 4 aromatic carbocycles. The summed E-state index contributed by atoms with van der Waals surface area (Å²) in [5.74, 6) is 1.63. The molecule has 0 radical (unpaired) electrons. The lowest BCUT2D eigenvalue weighted by atomic mass is 10.1. The molecule has 5 aromatic rings. The molecule has 5 rings (SSSR count). The summed E-state index contributed by atoms with van der Waals surface area (Å²) in [5, 5.41) is 9.97. The van der Waals surface area contributed by atoms with E-state index in [2.05, 4.69) is 22.3 Å². The van der Waals surface area contributed by atoms with Gasteiger partial charge in [-0.2, -0.15) is 0 Å². The Hall–Kier alpha value is -3.87. The van der Waals surface area contributed by atoms with Gasteiger partial charge in [-0.25, -0.2) is 0 Å². The van der Waals surface area contributed by atoms with Crippen LogP contribution in [0.2, 0.25) is 5.02 Å². The van der Waals surface area contributed by atoms with Crippen LogP contribution in [-0.4, -0.2) is 26.3 Å². The van der Waals surface area contributed by atoms with Crippen molar-refractivity contribution in [3.05, 3.63) is 126 Å². The molecule has 0 fully saturated rings. The third-order valence-corrected chi connectivity index (χ3v) is 6.72. The van der Waals surface area contributed by atoms with Crippen molar-refractivity contribution in [2.24, 2.45) is 0 Å². The van der Waals surface area contributed by atoms with Gasteiger partial charge in [0.2, 0.25) is 0 Å². The largest absolute Gasteiger partial charge is 0.486 e. The number of carbonyl (C=O) groups is 1. The topological polar surface area (TPSA) is 57.0 Å². The summed E-state index contributed by atoms with van der Waals surface area (Å²) >= 11 is 7.45. The zero-order valence-corrected chi connectivity index (χ0v) is 20.8. The third kappa shape index (κ3) is 5.67. The minimum absolute atomic E-state index is 0.0301. The van der Waals surface area contributed by atoms with E-state index in [1.165, 1.54) is 11.8 Å². The van der Waals surface area contributed by atoms with Crippen LogP contribution in [0.4, 0.5) is 0 Å². The second-order valence-corrected chi connectivity index (χ2v) is 9.35. The highest BCUT2D eigenvalue weighted by molar-refractivity contribution is 7.99. The molecule has 0 bridgehead atoms. The number of hydrogen-bond acceptors (Lipinski definition) is 5. The average Bonchev–Trinajstić information content (AvgIpc) is 3.35. The van der Waals surface area contributed by atoms with Gasteiger partial charge in [0.25, 0.3) is 0 Å². The fourth-order valence-corrected chi connectivity index (χ4v) is 4.69. The number of thioether (sulfide) groups is 1. The van der Waals surface area contributed by atoms with Gasteiger partial charge in [0.15, 0.2) is 16.8 Å². The minimum atomic E-state index is 0.0301. The molecular formula is C29H22ClN3O2S. The molecule has 1 heterocycles. The molecule has 0 saturated heterocycles. The van der Waals surface area contributed by atoms with Crippen LogP contribution in [0.1, 0.15) is 16.2 Å². The van der Waals surface area contributed by atoms with Crippen LogP contribution in [0.3, 0.4) is 0 Å². The van der Waals surface area contributed by atoms with Gasteiger partial charge in [-0.3, -0.25) is 9.36 Å². The molecule has 5 nitrogen and oxygen atoms in total. The first-order valence-electron chi connectivity index (χ1n) is 11.4. The van der Waals surface area contributed by atoms with Crippen molar-refractivity contribution >= 4 is 29.1 Å². The number of ether oxygens (including phenoxy) is 1. The number of hydrogen-bond donors (Lipinski definition) is 0. The number of aromatic nitrogens is 3. The number of halogens is 1. The predicted octanol–water partition coefficient (Wildman–Crippen LogP) is 7.14. The Bertz CT molecular complexity index is 1440. The molecule has 0 aliphatic heterocycles. The van der Waals surface area contributed by atoms with Crippen LogP contribution in [0, 0.1) is 0 Å². The Balaban J connectivity index is 1.34. The maximum absolute atomic E-state index is 12.6. The van der Waals surface area contributed by atoms with E-state index >= 15 is 0 Å². The van der Waals surface area contributed by atoms with Gasteiger partial charge in [-0.05, 0) is 47.5 Å². The summed E-state index contributed by atoms with van der Waals surface area (Å²) in [6.45, 7) is 0.216. The van der Waals surface area contributed by atoms with E-state index in [0.29, 0.717) is 21.6 Å². The lowest BCUT2D eigenvalue weighted by molar-refractivity contribution is 0.102. The highest BCUT2D eigenvalue weighted by atomic mass is 35.5. The molecule has 36 heavy (non-hydrogen) atoms. The Morgan fingerprint density at radius 1 is 0.778 bits per heavy atom. The van der Waals surface area contributed by atoms with Crippen molar-refractivity contribution in [1.82, 2.24) is 14.8 Å². The lowest BCUT2D eigenvalue weighted by Crippen LogP contribution is -2.08. The number of ketones is 1. The molecule has 0 unspecified atom stereocenters. The second-order valence-electron chi connectivity index (χ2n) is 7.97. The van der Waals surface area contributed by atoms with Gasteiger partial charge in [0, 0.05) is 16.3 Å². The normalized spacial score (nSPS) is 10.8. The smallest absolute Gasteiger partial charge is 0.196 e. The van der Waals surface area contributed by atoms with Gasteiger partial charge in [-0.15, -0.1) is 10.2 Å². The van der Waals surface area contributed by atoms with E-state index in [1.807, 2.05) is 102 Å². The fourth-order valence-electron chi connectivity index (χ4n) is 3.70. The molecule has 0 N–H and O–H groups in total. The van der Waals surface area contributed by atoms with Gasteiger partial charge >= 0.3 is 0 Å². The monoisotopic (exact) mass is 511 g/mol. The zero-order valence-electron chi connectivity index (χ0n) is 19.3. The first-order valence-corrected chi connectivity index (χ1v) is 12.7. The quantitative estimate of drug-likeness (QED) is 0.155. The molecule has 0 saturated carbocycles. The summed E-state index contributed by atoms with van der Waals surface area (Å²) in [4.78, 5) is 12.6. The number of carbonyl (C=O) groups excluding carboxylic acids is 1. The Morgan fingerprint density at radius 3 is 2.11 bits per heavy atom.